The van der Waals surface area contributed by atoms with Crippen molar-refractivity contribution in [3.63, 3.8) is 0 Å². The third-order valence-corrected chi connectivity index (χ3v) is 2.50. The lowest BCUT2D eigenvalue weighted by atomic mass is 10.1. The van der Waals surface area contributed by atoms with E-state index < -0.39 is 22.2 Å². The normalized spacial score (nSPS) is 15.8. The van der Waals surface area contributed by atoms with E-state index in [0.717, 1.165) is 0 Å². The van der Waals surface area contributed by atoms with E-state index in [9.17, 15) is 21.6 Å². The van der Waals surface area contributed by atoms with Crippen molar-refractivity contribution >= 4 is 10.1 Å². The van der Waals surface area contributed by atoms with Crippen molar-refractivity contribution in [1.82, 2.24) is 0 Å². The lowest BCUT2D eigenvalue weighted by molar-refractivity contribution is -0.0549. The summed E-state index contributed by atoms with van der Waals surface area (Å²) < 4.78 is 59.5. The molecule has 0 aliphatic heterocycles. The van der Waals surface area contributed by atoms with Crippen LogP contribution in [0.3, 0.4) is 0 Å². The van der Waals surface area contributed by atoms with Crippen LogP contribution in [0.2, 0.25) is 0 Å². The predicted octanol–water partition coefficient (Wildman–Crippen LogP) is 1.90. The van der Waals surface area contributed by atoms with Crippen LogP contribution in [-0.2, 0) is 14.3 Å². The Balaban J connectivity index is 4.22. The summed E-state index contributed by atoms with van der Waals surface area (Å²) in [6.45, 7) is 2.90. The minimum atomic E-state index is -5.40. The standard InChI is InChI=1S/C6H11F3O3S/c1-3-5(2)4-12-13(10,11)6(7,8)9/h5H,3-4H2,1-2H3/t5-/m0/s1. The molecule has 0 heterocycles. The first-order valence-corrected chi connectivity index (χ1v) is 5.07. The highest BCUT2D eigenvalue weighted by Crippen LogP contribution is 2.25. The van der Waals surface area contributed by atoms with Crippen LogP contribution in [0, 0.1) is 5.92 Å². The van der Waals surface area contributed by atoms with Crippen LogP contribution in [0.25, 0.3) is 0 Å². The highest BCUT2D eigenvalue weighted by Gasteiger charge is 2.47. The molecule has 0 bridgehead atoms. The summed E-state index contributed by atoms with van der Waals surface area (Å²) in [7, 11) is -5.40. The quantitative estimate of drug-likeness (QED) is 0.536. The van der Waals surface area contributed by atoms with Gasteiger partial charge in [-0.1, -0.05) is 20.3 Å². The van der Waals surface area contributed by atoms with Gasteiger partial charge in [0.25, 0.3) is 0 Å². The van der Waals surface area contributed by atoms with E-state index in [4.69, 9.17) is 0 Å². The Morgan fingerprint density at radius 3 is 2.15 bits per heavy atom. The maximum atomic E-state index is 11.7. The highest BCUT2D eigenvalue weighted by atomic mass is 32.2. The number of hydrogen-bond donors (Lipinski definition) is 0. The first kappa shape index (κ1) is 12.7. The zero-order chi connectivity index (χ0) is 10.7. The summed E-state index contributed by atoms with van der Waals surface area (Å²) in [6.07, 6.45) is 0.563. The van der Waals surface area contributed by atoms with E-state index >= 15 is 0 Å². The van der Waals surface area contributed by atoms with Gasteiger partial charge in [-0.2, -0.15) is 21.6 Å². The van der Waals surface area contributed by atoms with E-state index in [1.807, 2.05) is 0 Å². The summed E-state index contributed by atoms with van der Waals surface area (Å²) in [5.74, 6) is -0.211. The average Bonchev–Trinajstić information content (AvgIpc) is 1.98. The van der Waals surface area contributed by atoms with Gasteiger partial charge in [-0.05, 0) is 5.92 Å². The molecule has 0 aromatic heterocycles. The molecular formula is C6H11F3O3S. The summed E-state index contributed by atoms with van der Waals surface area (Å²) >= 11 is 0. The van der Waals surface area contributed by atoms with Gasteiger partial charge >= 0.3 is 15.6 Å². The van der Waals surface area contributed by atoms with Gasteiger partial charge in [0.05, 0.1) is 6.61 Å². The fraction of sp³-hybridized carbons (Fsp3) is 1.00. The molecule has 80 valence electrons. The van der Waals surface area contributed by atoms with E-state index in [-0.39, 0.29) is 5.92 Å². The molecule has 7 heteroatoms. The largest absolute Gasteiger partial charge is 0.523 e. The average molecular weight is 220 g/mol. The maximum absolute atomic E-state index is 11.7. The van der Waals surface area contributed by atoms with Gasteiger partial charge < -0.3 is 0 Å². The van der Waals surface area contributed by atoms with Gasteiger partial charge in [0.1, 0.15) is 0 Å². The van der Waals surface area contributed by atoms with Gasteiger partial charge in [-0.15, -0.1) is 0 Å². The van der Waals surface area contributed by atoms with Crippen molar-refractivity contribution in [1.29, 1.82) is 0 Å². The van der Waals surface area contributed by atoms with Crippen LogP contribution < -0.4 is 0 Å². The molecule has 0 aromatic rings. The molecule has 0 saturated heterocycles. The molecule has 0 amide bonds. The van der Waals surface area contributed by atoms with E-state index in [0.29, 0.717) is 6.42 Å². The molecule has 0 fully saturated rings. The summed E-state index contributed by atoms with van der Waals surface area (Å²) in [4.78, 5) is 0. The number of alkyl halides is 3. The van der Waals surface area contributed by atoms with Crippen LogP contribution in [0.1, 0.15) is 20.3 Å². The molecule has 0 unspecified atom stereocenters. The minimum absolute atomic E-state index is 0.211. The molecule has 0 aliphatic carbocycles. The lowest BCUT2D eigenvalue weighted by Gasteiger charge is -2.11. The summed E-state index contributed by atoms with van der Waals surface area (Å²) in [5.41, 5.74) is -5.32. The molecule has 0 spiro atoms. The third-order valence-electron chi connectivity index (χ3n) is 1.49. The third kappa shape index (κ3) is 3.95. The molecule has 13 heavy (non-hydrogen) atoms. The van der Waals surface area contributed by atoms with Gasteiger partial charge in [-0.3, -0.25) is 4.18 Å². The van der Waals surface area contributed by atoms with Crippen LogP contribution in [0.4, 0.5) is 13.2 Å². The summed E-state index contributed by atoms with van der Waals surface area (Å²) in [6, 6.07) is 0. The molecule has 0 aliphatic rings. The van der Waals surface area contributed by atoms with Gasteiger partial charge in [0, 0.05) is 0 Å². The monoisotopic (exact) mass is 220 g/mol. The second kappa shape index (κ2) is 4.28. The lowest BCUT2D eigenvalue weighted by Crippen LogP contribution is -2.27. The van der Waals surface area contributed by atoms with E-state index in [2.05, 4.69) is 4.18 Å². The molecule has 0 aromatic carbocycles. The Morgan fingerprint density at radius 2 is 1.85 bits per heavy atom. The predicted molar refractivity (Wildman–Crippen MR) is 40.4 cm³/mol. The zero-order valence-corrected chi connectivity index (χ0v) is 8.07. The second-order valence-corrected chi connectivity index (χ2v) is 4.30. The fourth-order valence-corrected chi connectivity index (χ4v) is 0.935. The molecular weight excluding hydrogens is 209 g/mol. The SMILES string of the molecule is CC[C@H](C)COS(=O)(=O)C(F)(F)F. The number of hydrogen-bond acceptors (Lipinski definition) is 3. The zero-order valence-electron chi connectivity index (χ0n) is 7.26. The Labute approximate surface area is 75.0 Å². The molecule has 0 saturated carbocycles. The molecule has 0 radical (unpaired) electrons. The Morgan fingerprint density at radius 1 is 1.38 bits per heavy atom. The summed E-state index contributed by atoms with van der Waals surface area (Å²) in [5, 5.41) is 0. The van der Waals surface area contributed by atoms with Crippen LogP contribution in [-0.4, -0.2) is 20.5 Å². The smallest absolute Gasteiger partial charge is 0.263 e. The minimum Gasteiger partial charge on any atom is -0.263 e. The van der Waals surface area contributed by atoms with Gasteiger partial charge in [-0.25, -0.2) is 0 Å². The Bertz CT molecular complexity index is 244. The fourth-order valence-electron chi connectivity index (χ4n) is 0.390. The van der Waals surface area contributed by atoms with Crippen molar-refractivity contribution < 1.29 is 25.8 Å². The Hall–Kier alpha value is -0.300. The van der Waals surface area contributed by atoms with Crippen molar-refractivity contribution in [2.75, 3.05) is 6.61 Å². The van der Waals surface area contributed by atoms with Crippen LogP contribution in [0.15, 0.2) is 0 Å². The van der Waals surface area contributed by atoms with E-state index in [1.54, 1.807) is 13.8 Å². The first-order chi connectivity index (χ1) is 5.70. The number of rotatable bonds is 4. The van der Waals surface area contributed by atoms with Crippen molar-refractivity contribution in [2.24, 2.45) is 5.92 Å². The van der Waals surface area contributed by atoms with Crippen LogP contribution >= 0.6 is 0 Å². The topological polar surface area (TPSA) is 43.4 Å². The molecule has 3 nitrogen and oxygen atoms in total. The Kier molecular flexibility index (Phi) is 4.18. The maximum Gasteiger partial charge on any atom is 0.523 e. The van der Waals surface area contributed by atoms with Crippen LogP contribution in [0.5, 0.6) is 0 Å². The first-order valence-electron chi connectivity index (χ1n) is 3.66. The number of halogens is 3. The highest BCUT2D eigenvalue weighted by molar-refractivity contribution is 7.87. The van der Waals surface area contributed by atoms with E-state index in [1.165, 1.54) is 0 Å². The van der Waals surface area contributed by atoms with Crippen molar-refractivity contribution in [3.8, 4) is 0 Å². The molecule has 1 atom stereocenters. The molecule has 0 rings (SSSR count). The van der Waals surface area contributed by atoms with Gasteiger partial charge in [0.2, 0.25) is 0 Å². The van der Waals surface area contributed by atoms with Gasteiger partial charge in [0.15, 0.2) is 0 Å². The van der Waals surface area contributed by atoms with Crippen molar-refractivity contribution in [2.45, 2.75) is 25.8 Å². The molecule has 0 N–H and O–H groups in total. The van der Waals surface area contributed by atoms with Crippen molar-refractivity contribution in [3.05, 3.63) is 0 Å². The second-order valence-electron chi connectivity index (χ2n) is 2.70.